The molecule has 3 aromatic heterocycles. The van der Waals surface area contributed by atoms with Gasteiger partial charge in [-0.2, -0.15) is 5.10 Å². The lowest BCUT2D eigenvalue weighted by Crippen LogP contribution is -2.13. The first-order chi connectivity index (χ1) is 13.7. The molecule has 1 aromatic carbocycles. The third-order valence-electron chi connectivity index (χ3n) is 3.96. The molecule has 6 nitrogen and oxygen atoms in total. The Bertz CT molecular complexity index is 1110. The fourth-order valence-corrected chi connectivity index (χ4v) is 3.79. The Morgan fingerprint density at radius 1 is 1.18 bits per heavy atom. The number of benzene rings is 1. The average molecular weight is 414 g/mol. The van der Waals surface area contributed by atoms with Crippen molar-refractivity contribution in [2.75, 3.05) is 5.32 Å². The van der Waals surface area contributed by atoms with Crippen LogP contribution in [0.4, 0.5) is 9.39 Å². The van der Waals surface area contributed by atoms with Crippen molar-refractivity contribution in [3.63, 3.8) is 0 Å². The molecule has 140 valence electrons. The topological polar surface area (TPSA) is 72.7 Å². The fraction of sp³-hybridized carbons (Fsp3) is 0.0526. The first-order valence-corrected chi connectivity index (χ1v) is 9.43. The summed E-state index contributed by atoms with van der Waals surface area (Å²) in [6.07, 6.45) is 4.66. The van der Waals surface area contributed by atoms with Crippen LogP contribution < -0.4 is 5.32 Å². The van der Waals surface area contributed by atoms with Gasteiger partial charge in [0.25, 0.3) is 5.91 Å². The van der Waals surface area contributed by atoms with Crippen LogP contribution in [0.2, 0.25) is 5.15 Å². The van der Waals surface area contributed by atoms with Gasteiger partial charge in [-0.25, -0.2) is 14.1 Å². The molecular formula is C19H13ClFN5OS. The molecule has 4 rings (SSSR count). The Hall–Kier alpha value is -3.10. The summed E-state index contributed by atoms with van der Waals surface area (Å²) >= 11 is 7.39. The molecule has 0 fully saturated rings. The van der Waals surface area contributed by atoms with E-state index in [1.165, 1.54) is 22.2 Å². The summed E-state index contributed by atoms with van der Waals surface area (Å²) in [5.74, 6) is -0.502. The molecule has 0 bridgehead atoms. The highest BCUT2D eigenvalue weighted by Gasteiger charge is 2.21. The molecule has 0 unspecified atom stereocenters. The Morgan fingerprint density at radius 3 is 2.71 bits per heavy atom. The van der Waals surface area contributed by atoms with Gasteiger partial charge in [-0.05, 0) is 24.3 Å². The third-order valence-corrected chi connectivity index (χ3v) is 5.37. The normalized spacial score (nSPS) is 10.8. The zero-order valence-corrected chi connectivity index (χ0v) is 15.9. The van der Waals surface area contributed by atoms with Gasteiger partial charge >= 0.3 is 0 Å². The van der Waals surface area contributed by atoms with Crippen molar-refractivity contribution >= 4 is 33.8 Å². The van der Waals surface area contributed by atoms with Crippen LogP contribution in [-0.4, -0.2) is 25.7 Å². The number of nitrogens with zero attached hydrogens (tertiary/aromatic N) is 4. The maximum absolute atomic E-state index is 13.7. The van der Waals surface area contributed by atoms with Crippen LogP contribution in [0.15, 0.2) is 61.1 Å². The van der Waals surface area contributed by atoms with Crippen molar-refractivity contribution in [3.05, 3.63) is 77.5 Å². The van der Waals surface area contributed by atoms with E-state index in [2.05, 4.69) is 20.4 Å². The van der Waals surface area contributed by atoms with E-state index < -0.39 is 12.6 Å². The number of para-hydroxylation sites is 1. The molecule has 0 aliphatic heterocycles. The lowest BCUT2D eigenvalue weighted by Gasteiger charge is -2.06. The predicted molar refractivity (Wildman–Crippen MR) is 107 cm³/mol. The minimum atomic E-state index is -0.838. The molecule has 28 heavy (non-hydrogen) atoms. The molecule has 0 atom stereocenters. The molecule has 0 aliphatic carbocycles. The standard InChI is InChI=1S/C19H13ClFN5OS/c20-16-19(28-18(24-16)12-5-4-8-22-10-12)25-17(27)14-11-23-26(15(14)9-21)13-6-2-1-3-7-13/h1-8,10-11H,9H2,(H,25,27). The molecule has 0 saturated heterocycles. The van der Waals surface area contributed by atoms with Crippen molar-refractivity contribution in [1.29, 1.82) is 0 Å². The highest BCUT2D eigenvalue weighted by Crippen LogP contribution is 2.35. The zero-order valence-electron chi connectivity index (χ0n) is 14.3. The van der Waals surface area contributed by atoms with Crippen LogP contribution >= 0.6 is 22.9 Å². The van der Waals surface area contributed by atoms with E-state index in [0.717, 1.165) is 5.56 Å². The first-order valence-electron chi connectivity index (χ1n) is 8.23. The molecular weight excluding hydrogens is 401 g/mol. The second-order valence-electron chi connectivity index (χ2n) is 5.72. The molecule has 0 spiro atoms. The van der Waals surface area contributed by atoms with Crippen molar-refractivity contribution in [1.82, 2.24) is 19.7 Å². The van der Waals surface area contributed by atoms with E-state index in [1.807, 2.05) is 24.3 Å². The lowest BCUT2D eigenvalue weighted by atomic mass is 10.2. The van der Waals surface area contributed by atoms with Gasteiger partial charge in [0.2, 0.25) is 0 Å². The van der Waals surface area contributed by atoms with Crippen LogP contribution in [0.3, 0.4) is 0 Å². The molecule has 4 aromatic rings. The van der Waals surface area contributed by atoms with Gasteiger partial charge in [0.15, 0.2) is 5.15 Å². The van der Waals surface area contributed by atoms with Gasteiger partial charge in [-0.15, -0.1) is 0 Å². The number of carbonyl (C=O) groups excluding carboxylic acids is 1. The predicted octanol–water partition coefficient (Wildman–Crippen LogP) is 4.77. The van der Waals surface area contributed by atoms with Crippen LogP contribution in [0, 0.1) is 0 Å². The molecule has 1 N–H and O–H groups in total. The number of thiazole rings is 1. The largest absolute Gasteiger partial charge is 0.311 e. The minimum Gasteiger partial charge on any atom is -0.311 e. The monoisotopic (exact) mass is 413 g/mol. The number of hydrogen-bond acceptors (Lipinski definition) is 5. The van der Waals surface area contributed by atoms with Gasteiger partial charge in [-0.3, -0.25) is 9.78 Å². The number of amides is 1. The summed E-state index contributed by atoms with van der Waals surface area (Å²) in [6.45, 7) is -0.838. The molecule has 1 amide bonds. The minimum absolute atomic E-state index is 0.138. The van der Waals surface area contributed by atoms with Crippen molar-refractivity contribution in [3.8, 4) is 16.3 Å². The summed E-state index contributed by atoms with van der Waals surface area (Å²) in [5, 5.41) is 8.02. The summed E-state index contributed by atoms with van der Waals surface area (Å²) in [6, 6.07) is 12.7. The summed E-state index contributed by atoms with van der Waals surface area (Å²) in [5.41, 5.74) is 1.76. The quantitative estimate of drug-likeness (QED) is 0.511. The van der Waals surface area contributed by atoms with Gasteiger partial charge in [0.05, 0.1) is 23.1 Å². The second-order valence-corrected chi connectivity index (χ2v) is 7.08. The second kappa shape index (κ2) is 7.87. The molecule has 3 heterocycles. The molecule has 0 aliphatic rings. The number of hydrogen-bond donors (Lipinski definition) is 1. The third kappa shape index (κ3) is 3.51. The van der Waals surface area contributed by atoms with Crippen LogP contribution in [-0.2, 0) is 6.67 Å². The van der Waals surface area contributed by atoms with E-state index in [1.54, 1.807) is 30.6 Å². The average Bonchev–Trinajstić information content (AvgIpc) is 3.33. The Kier molecular flexibility index (Phi) is 5.14. The van der Waals surface area contributed by atoms with Crippen molar-refractivity contribution in [2.24, 2.45) is 0 Å². The summed E-state index contributed by atoms with van der Waals surface area (Å²) < 4.78 is 15.1. The highest BCUT2D eigenvalue weighted by atomic mass is 35.5. The number of rotatable bonds is 5. The molecule has 9 heteroatoms. The Balaban J connectivity index is 1.61. The van der Waals surface area contributed by atoms with Crippen LogP contribution in [0.1, 0.15) is 16.1 Å². The number of anilines is 1. The Morgan fingerprint density at radius 2 is 2.00 bits per heavy atom. The maximum atomic E-state index is 13.7. The van der Waals surface area contributed by atoms with Crippen molar-refractivity contribution < 1.29 is 9.18 Å². The SMILES string of the molecule is O=C(Nc1sc(-c2cccnc2)nc1Cl)c1cnn(-c2ccccc2)c1CF. The van der Waals surface area contributed by atoms with E-state index in [4.69, 9.17) is 11.6 Å². The highest BCUT2D eigenvalue weighted by molar-refractivity contribution is 7.19. The number of aromatic nitrogens is 4. The Labute approximate surface area is 168 Å². The lowest BCUT2D eigenvalue weighted by molar-refractivity contribution is 0.102. The van der Waals surface area contributed by atoms with Crippen LogP contribution in [0.25, 0.3) is 16.3 Å². The van der Waals surface area contributed by atoms with Crippen molar-refractivity contribution in [2.45, 2.75) is 6.67 Å². The van der Waals surface area contributed by atoms with Crippen LogP contribution in [0.5, 0.6) is 0 Å². The number of halogens is 2. The summed E-state index contributed by atoms with van der Waals surface area (Å²) in [4.78, 5) is 21.0. The van der Waals surface area contributed by atoms with E-state index in [9.17, 15) is 9.18 Å². The molecule has 0 radical (unpaired) electrons. The zero-order chi connectivity index (χ0) is 19.5. The van der Waals surface area contributed by atoms with E-state index >= 15 is 0 Å². The van der Waals surface area contributed by atoms with Gasteiger partial charge in [0, 0.05) is 18.0 Å². The van der Waals surface area contributed by atoms with E-state index in [-0.39, 0.29) is 16.4 Å². The number of alkyl halides is 1. The number of carbonyl (C=O) groups is 1. The van der Waals surface area contributed by atoms with Gasteiger partial charge in [0.1, 0.15) is 16.7 Å². The molecule has 0 saturated carbocycles. The fourth-order valence-electron chi connectivity index (χ4n) is 2.65. The van der Waals surface area contributed by atoms with Gasteiger partial charge in [-0.1, -0.05) is 41.1 Å². The summed E-state index contributed by atoms with van der Waals surface area (Å²) in [7, 11) is 0. The van der Waals surface area contributed by atoms with Gasteiger partial charge < -0.3 is 5.32 Å². The first kappa shape index (κ1) is 18.3. The van der Waals surface area contributed by atoms with E-state index in [0.29, 0.717) is 15.7 Å². The maximum Gasteiger partial charge on any atom is 0.259 e. The number of pyridine rings is 1. The number of nitrogens with one attached hydrogen (secondary N) is 1. The smallest absolute Gasteiger partial charge is 0.259 e.